The van der Waals surface area contributed by atoms with Gasteiger partial charge in [-0.25, -0.2) is 0 Å². The predicted molar refractivity (Wildman–Crippen MR) is 84.6 cm³/mol. The van der Waals surface area contributed by atoms with Gasteiger partial charge in [-0.3, -0.25) is 14.6 Å². The summed E-state index contributed by atoms with van der Waals surface area (Å²) in [7, 11) is 1.56. The number of aliphatic carboxylic acids is 1. The number of benzene rings is 1. The molecule has 3 rings (SSSR count). The van der Waals surface area contributed by atoms with Gasteiger partial charge in [0.1, 0.15) is 11.3 Å². The topological polar surface area (TPSA) is 79.7 Å². The second kappa shape index (κ2) is 6.24. The van der Waals surface area contributed by atoms with Gasteiger partial charge < -0.3 is 14.7 Å². The third-order valence-electron chi connectivity index (χ3n) is 4.24. The molecule has 1 aromatic heterocycles. The Bertz CT molecular complexity index is 759. The minimum Gasteiger partial charge on any atom is -0.494 e. The van der Waals surface area contributed by atoms with Crippen LogP contribution in [0.2, 0.25) is 0 Å². The Kier molecular flexibility index (Phi) is 4.14. The van der Waals surface area contributed by atoms with Crippen molar-refractivity contribution in [3.8, 4) is 5.75 Å². The third-order valence-corrected chi connectivity index (χ3v) is 4.24. The largest absolute Gasteiger partial charge is 0.494 e. The summed E-state index contributed by atoms with van der Waals surface area (Å²) in [6.45, 7) is 0.832. The molecule has 1 unspecified atom stereocenters. The molecule has 0 aliphatic carbocycles. The molecule has 1 aliphatic heterocycles. The number of likely N-dealkylation sites (tertiary alicyclic amines) is 1. The molecule has 1 amide bonds. The Hall–Kier alpha value is -2.63. The molecule has 6 nitrogen and oxygen atoms in total. The molecular formula is C17H18N2O4. The van der Waals surface area contributed by atoms with E-state index < -0.39 is 11.9 Å². The van der Waals surface area contributed by atoms with E-state index in [1.165, 1.54) is 0 Å². The number of carboxylic acid groups (broad SMARTS) is 1. The molecule has 1 aromatic carbocycles. The first-order valence-electron chi connectivity index (χ1n) is 7.55. The van der Waals surface area contributed by atoms with Gasteiger partial charge in [-0.1, -0.05) is 6.07 Å². The van der Waals surface area contributed by atoms with Crippen LogP contribution in [0.25, 0.3) is 10.9 Å². The summed E-state index contributed by atoms with van der Waals surface area (Å²) in [6, 6.07) is 7.04. The summed E-state index contributed by atoms with van der Waals surface area (Å²) in [4.78, 5) is 30.0. The lowest BCUT2D eigenvalue weighted by atomic mass is 9.97. The van der Waals surface area contributed by atoms with Crippen molar-refractivity contribution in [2.45, 2.75) is 12.8 Å². The van der Waals surface area contributed by atoms with Crippen molar-refractivity contribution in [1.82, 2.24) is 9.88 Å². The Labute approximate surface area is 133 Å². The fourth-order valence-electron chi connectivity index (χ4n) is 3.03. The highest BCUT2D eigenvalue weighted by Crippen LogP contribution is 2.28. The molecule has 1 aliphatic rings. The van der Waals surface area contributed by atoms with Gasteiger partial charge in [0, 0.05) is 30.2 Å². The van der Waals surface area contributed by atoms with Crippen LogP contribution in [0.1, 0.15) is 23.2 Å². The molecule has 120 valence electrons. The quantitative estimate of drug-likeness (QED) is 0.939. The van der Waals surface area contributed by atoms with Crippen LogP contribution in [0.5, 0.6) is 5.75 Å². The summed E-state index contributed by atoms with van der Waals surface area (Å²) < 4.78 is 5.29. The number of ether oxygens (including phenoxy) is 1. The third kappa shape index (κ3) is 2.84. The van der Waals surface area contributed by atoms with Crippen molar-refractivity contribution in [1.29, 1.82) is 0 Å². The van der Waals surface area contributed by atoms with E-state index in [9.17, 15) is 14.7 Å². The molecule has 2 heterocycles. The van der Waals surface area contributed by atoms with E-state index in [-0.39, 0.29) is 12.5 Å². The standard InChI is InChI=1S/C17H18N2O4/c1-23-14-7-6-13(12-5-2-8-18-15(12)14)16(20)19-9-3-4-11(10-19)17(21)22/h2,5-8,11H,3-4,9-10H2,1H3,(H,21,22). The number of carboxylic acids is 1. The molecule has 0 spiro atoms. The number of hydrogen-bond donors (Lipinski definition) is 1. The van der Waals surface area contributed by atoms with Crippen molar-refractivity contribution in [2.24, 2.45) is 5.92 Å². The zero-order valence-electron chi connectivity index (χ0n) is 12.9. The maximum Gasteiger partial charge on any atom is 0.308 e. The summed E-state index contributed by atoms with van der Waals surface area (Å²) in [5.74, 6) is -0.880. The number of fused-ring (bicyclic) bond motifs is 1. The molecule has 23 heavy (non-hydrogen) atoms. The van der Waals surface area contributed by atoms with Crippen LogP contribution in [-0.2, 0) is 4.79 Å². The minimum atomic E-state index is -0.844. The molecule has 0 bridgehead atoms. The zero-order valence-corrected chi connectivity index (χ0v) is 12.9. The van der Waals surface area contributed by atoms with Gasteiger partial charge in [0.05, 0.1) is 13.0 Å². The second-order valence-corrected chi connectivity index (χ2v) is 5.64. The van der Waals surface area contributed by atoms with Crippen LogP contribution in [-0.4, -0.2) is 47.1 Å². The number of carbonyl (C=O) groups is 2. The van der Waals surface area contributed by atoms with Crippen molar-refractivity contribution in [3.63, 3.8) is 0 Å². The highest BCUT2D eigenvalue weighted by Gasteiger charge is 2.29. The van der Waals surface area contributed by atoms with Gasteiger partial charge in [0.25, 0.3) is 5.91 Å². The zero-order chi connectivity index (χ0) is 16.4. The van der Waals surface area contributed by atoms with Crippen LogP contribution in [0, 0.1) is 5.92 Å². The number of piperidine rings is 1. The Morgan fingerprint density at radius 1 is 1.35 bits per heavy atom. The lowest BCUT2D eigenvalue weighted by Crippen LogP contribution is -2.42. The SMILES string of the molecule is COc1ccc(C(=O)N2CCCC(C(=O)O)C2)c2cccnc12. The monoisotopic (exact) mass is 314 g/mol. The van der Waals surface area contributed by atoms with Crippen LogP contribution in [0.15, 0.2) is 30.5 Å². The Morgan fingerprint density at radius 2 is 2.17 bits per heavy atom. The molecule has 1 fully saturated rings. The lowest BCUT2D eigenvalue weighted by Gasteiger charge is -2.31. The smallest absolute Gasteiger partial charge is 0.308 e. The molecule has 1 atom stereocenters. The molecule has 1 saturated heterocycles. The van der Waals surface area contributed by atoms with Gasteiger partial charge in [-0.2, -0.15) is 0 Å². The predicted octanol–water partition coefficient (Wildman–Crippen LogP) is 2.18. The summed E-state index contributed by atoms with van der Waals surface area (Å²) >= 11 is 0. The molecule has 0 radical (unpaired) electrons. The van der Waals surface area contributed by atoms with E-state index in [0.29, 0.717) is 41.6 Å². The van der Waals surface area contributed by atoms with Crippen molar-refractivity contribution in [2.75, 3.05) is 20.2 Å². The highest BCUT2D eigenvalue weighted by atomic mass is 16.5. The van der Waals surface area contributed by atoms with Crippen LogP contribution in [0.3, 0.4) is 0 Å². The second-order valence-electron chi connectivity index (χ2n) is 5.64. The number of pyridine rings is 1. The molecule has 2 aromatic rings. The lowest BCUT2D eigenvalue weighted by molar-refractivity contribution is -0.143. The van der Waals surface area contributed by atoms with Crippen LogP contribution < -0.4 is 4.74 Å². The number of methoxy groups -OCH3 is 1. The van der Waals surface area contributed by atoms with Crippen LogP contribution in [0.4, 0.5) is 0 Å². The van der Waals surface area contributed by atoms with E-state index in [1.807, 2.05) is 6.07 Å². The normalized spacial score (nSPS) is 18.0. The number of amides is 1. The Morgan fingerprint density at radius 3 is 2.91 bits per heavy atom. The van der Waals surface area contributed by atoms with E-state index in [1.54, 1.807) is 36.4 Å². The highest BCUT2D eigenvalue weighted by molar-refractivity contribution is 6.07. The van der Waals surface area contributed by atoms with E-state index in [0.717, 1.165) is 0 Å². The maximum atomic E-state index is 12.8. The van der Waals surface area contributed by atoms with Crippen molar-refractivity contribution in [3.05, 3.63) is 36.0 Å². The minimum absolute atomic E-state index is 0.156. The van der Waals surface area contributed by atoms with Gasteiger partial charge in [-0.15, -0.1) is 0 Å². The molecular weight excluding hydrogens is 296 g/mol. The Balaban J connectivity index is 1.97. The van der Waals surface area contributed by atoms with E-state index in [4.69, 9.17) is 4.74 Å². The van der Waals surface area contributed by atoms with Crippen molar-refractivity contribution < 1.29 is 19.4 Å². The van der Waals surface area contributed by atoms with Gasteiger partial charge in [-0.05, 0) is 31.0 Å². The number of aromatic nitrogens is 1. The molecule has 1 N–H and O–H groups in total. The summed E-state index contributed by atoms with van der Waals surface area (Å²) in [5.41, 5.74) is 1.16. The first kappa shape index (κ1) is 15.3. The van der Waals surface area contributed by atoms with Gasteiger partial charge >= 0.3 is 5.97 Å². The molecule has 6 heteroatoms. The number of rotatable bonds is 3. The first-order chi connectivity index (χ1) is 11.1. The van der Waals surface area contributed by atoms with Gasteiger partial charge in [0.2, 0.25) is 0 Å². The fourth-order valence-corrected chi connectivity index (χ4v) is 3.03. The van der Waals surface area contributed by atoms with Crippen LogP contribution >= 0.6 is 0 Å². The molecule has 0 saturated carbocycles. The van der Waals surface area contributed by atoms with Gasteiger partial charge in [0.15, 0.2) is 0 Å². The van der Waals surface area contributed by atoms with Crippen molar-refractivity contribution >= 4 is 22.8 Å². The number of carbonyl (C=O) groups excluding carboxylic acids is 1. The average molecular weight is 314 g/mol. The van der Waals surface area contributed by atoms with E-state index in [2.05, 4.69) is 4.98 Å². The summed E-state index contributed by atoms with van der Waals surface area (Å²) in [6.07, 6.45) is 2.97. The number of hydrogen-bond acceptors (Lipinski definition) is 4. The maximum absolute atomic E-state index is 12.8. The van der Waals surface area contributed by atoms with E-state index >= 15 is 0 Å². The first-order valence-corrected chi connectivity index (χ1v) is 7.55. The number of nitrogens with zero attached hydrogens (tertiary/aromatic N) is 2. The summed E-state index contributed by atoms with van der Waals surface area (Å²) in [5, 5.41) is 9.90. The fraction of sp³-hybridized carbons (Fsp3) is 0.353. The average Bonchev–Trinajstić information content (AvgIpc) is 2.60.